The van der Waals surface area contributed by atoms with Crippen LogP contribution in [0.3, 0.4) is 0 Å². The van der Waals surface area contributed by atoms with Gasteiger partial charge in [0.25, 0.3) is 0 Å². The molecule has 75 heavy (non-hydrogen) atoms. The zero-order valence-electron chi connectivity index (χ0n) is 49.0. The van der Waals surface area contributed by atoms with Crippen LogP contribution in [0, 0.1) is 0 Å². The molecule has 0 fully saturated rings. The van der Waals surface area contributed by atoms with Crippen molar-refractivity contribution in [3.05, 3.63) is 109 Å². The molecule has 0 bridgehead atoms. The Hall–Kier alpha value is -3.93. The predicted molar refractivity (Wildman–Crippen MR) is 325 cm³/mol. The monoisotopic (exact) mass is 1040 g/mol. The summed E-state index contributed by atoms with van der Waals surface area (Å²) < 4.78 is 16.9. The lowest BCUT2D eigenvalue weighted by atomic mass is 10.1. The highest BCUT2D eigenvalue weighted by Gasteiger charge is 2.19. The highest BCUT2D eigenvalue weighted by Crippen LogP contribution is 2.15. The van der Waals surface area contributed by atoms with Crippen LogP contribution in [0.15, 0.2) is 109 Å². The van der Waals surface area contributed by atoms with Crippen LogP contribution in [0.4, 0.5) is 0 Å². The van der Waals surface area contributed by atoms with Crippen molar-refractivity contribution in [3.8, 4) is 0 Å². The van der Waals surface area contributed by atoms with E-state index in [1.165, 1.54) is 128 Å². The summed E-state index contributed by atoms with van der Waals surface area (Å²) in [5, 5.41) is 0. The van der Waals surface area contributed by atoms with Crippen molar-refractivity contribution < 1.29 is 28.6 Å². The van der Waals surface area contributed by atoms with E-state index >= 15 is 0 Å². The van der Waals surface area contributed by atoms with Crippen LogP contribution in [-0.4, -0.2) is 37.2 Å². The molecule has 6 nitrogen and oxygen atoms in total. The third kappa shape index (κ3) is 60.8. The van der Waals surface area contributed by atoms with Gasteiger partial charge in [-0.25, -0.2) is 0 Å². The summed E-state index contributed by atoms with van der Waals surface area (Å²) in [7, 11) is 0. The molecule has 1 unspecified atom stereocenters. The lowest BCUT2D eigenvalue weighted by Crippen LogP contribution is -2.30. The van der Waals surface area contributed by atoms with E-state index in [1.807, 2.05) is 0 Å². The summed E-state index contributed by atoms with van der Waals surface area (Å²) in [5.74, 6) is -0.912. The molecule has 0 radical (unpaired) electrons. The average molecular weight is 1040 g/mol. The Morgan fingerprint density at radius 1 is 0.280 bits per heavy atom. The molecule has 0 aliphatic carbocycles. The number of esters is 3. The lowest BCUT2D eigenvalue weighted by Gasteiger charge is -2.18. The van der Waals surface area contributed by atoms with Gasteiger partial charge in [0.1, 0.15) is 13.2 Å². The van der Waals surface area contributed by atoms with Gasteiger partial charge in [-0.2, -0.15) is 0 Å². The Balaban J connectivity index is 4.34. The third-order valence-electron chi connectivity index (χ3n) is 13.3. The Morgan fingerprint density at radius 2 is 0.520 bits per heavy atom. The maximum atomic E-state index is 12.9. The van der Waals surface area contributed by atoms with E-state index in [1.54, 1.807) is 0 Å². The highest BCUT2D eigenvalue weighted by molar-refractivity contribution is 5.71. The average Bonchev–Trinajstić information content (AvgIpc) is 3.41. The van der Waals surface area contributed by atoms with Gasteiger partial charge in [-0.15, -0.1) is 0 Å². The van der Waals surface area contributed by atoms with Gasteiger partial charge in [0.2, 0.25) is 0 Å². The van der Waals surface area contributed by atoms with Gasteiger partial charge in [-0.1, -0.05) is 271 Å². The van der Waals surface area contributed by atoms with Crippen molar-refractivity contribution in [1.82, 2.24) is 0 Å². The molecule has 0 spiro atoms. The summed E-state index contributed by atoms with van der Waals surface area (Å²) >= 11 is 0. The summed E-state index contributed by atoms with van der Waals surface area (Å²) in [6.45, 7) is 6.50. The predicted octanol–water partition coefficient (Wildman–Crippen LogP) is 21.4. The van der Waals surface area contributed by atoms with Crippen molar-refractivity contribution in [2.24, 2.45) is 0 Å². The minimum atomic E-state index is -0.791. The zero-order chi connectivity index (χ0) is 54.3. The number of ether oxygens (including phenoxy) is 3. The number of hydrogen-bond acceptors (Lipinski definition) is 6. The largest absolute Gasteiger partial charge is 0.462 e. The SMILES string of the molecule is CC/C=C\C/C=C\C/C=C\C/C=C\C/C=C\C/C=C\C/C=C\C/C=C\CCCCCCC(=O)OCC(COC(=O)CCCCCCCCCCCCC)OC(=O)CCCCCCCCC/C=C\CCCCCCCC. The molecule has 1 atom stereocenters. The molecule has 0 N–H and O–H groups in total. The number of unbranched alkanes of at least 4 members (excludes halogenated alkanes) is 27. The number of rotatable bonds is 56. The molecule has 0 rings (SSSR count). The first-order chi connectivity index (χ1) is 37.0. The van der Waals surface area contributed by atoms with E-state index in [9.17, 15) is 14.4 Å². The van der Waals surface area contributed by atoms with E-state index in [0.717, 1.165) is 122 Å². The second-order valence-corrected chi connectivity index (χ2v) is 20.6. The fourth-order valence-corrected chi connectivity index (χ4v) is 8.57. The van der Waals surface area contributed by atoms with Crippen LogP contribution in [0.1, 0.15) is 290 Å². The second-order valence-electron chi connectivity index (χ2n) is 20.6. The summed E-state index contributed by atoms with van der Waals surface area (Å²) in [6, 6.07) is 0. The van der Waals surface area contributed by atoms with Crippen LogP contribution in [-0.2, 0) is 28.6 Å². The molecule has 428 valence electrons. The van der Waals surface area contributed by atoms with E-state index in [0.29, 0.717) is 19.3 Å². The molecule has 0 aliphatic rings. The van der Waals surface area contributed by atoms with Gasteiger partial charge >= 0.3 is 17.9 Å². The summed E-state index contributed by atoms with van der Waals surface area (Å²) in [5.41, 5.74) is 0. The standard InChI is InChI=1S/C69H116O6/c1-4-7-10-13-16-19-22-24-26-28-29-30-31-32-33-34-35-36-37-38-39-41-42-44-47-50-53-56-59-62-68(71)74-65-66(64-73-67(70)61-58-55-52-49-46-21-18-15-12-9-6-3)75-69(72)63-60-57-54-51-48-45-43-40-27-25-23-20-17-14-11-8-5-2/h7,10,16,19,24-27,29-30,32-33,35-36,38-39,42,44,66H,4-6,8-9,11-15,17-18,20-23,28,31,34,37,40-41,43,45-65H2,1-3H3/b10-7-,19-16-,26-24-,27-25-,30-29-,33-32-,36-35-,39-38-,44-42-. The molecule has 0 saturated carbocycles. The smallest absolute Gasteiger partial charge is 0.306 e. The molecule has 0 saturated heterocycles. The minimum Gasteiger partial charge on any atom is -0.462 e. The Bertz CT molecular complexity index is 1520. The topological polar surface area (TPSA) is 78.9 Å². The van der Waals surface area contributed by atoms with E-state index in [4.69, 9.17) is 14.2 Å². The fraction of sp³-hybridized carbons (Fsp3) is 0.696. The van der Waals surface area contributed by atoms with Crippen molar-refractivity contribution in [2.75, 3.05) is 13.2 Å². The molecule has 0 heterocycles. The Kier molecular flexibility index (Phi) is 59.3. The Morgan fingerprint density at radius 3 is 0.827 bits per heavy atom. The van der Waals surface area contributed by atoms with Gasteiger partial charge in [0.15, 0.2) is 6.10 Å². The molecule has 6 heteroatoms. The lowest BCUT2D eigenvalue weighted by molar-refractivity contribution is -0.167. The first-order valence-electron chi connectivity index (χ1n) is 31.4. The number of carbonyl (C=O) groups excluding carboxylic acids is 3. The molecule has 0 aliphatic heterocycles. The molecular formula is C69H116O6. The first kappa shape index (κ1) is 71.1. The normalized spacial score (nSPS) is 12.8. The molecule has 0 amide bonds. The third-order valence-corrected chi connectivity index (χ3v) is 13.3. The second kappa shape index (κ2) is 62.6. The quantitative estimate of drug-likeness (QED) is 0.0261. The van der Waals surface area contributed by atoms with Crippen molar-refractivity contribution in [3.63, 3.8) is 0 Å². The maximum absolute atomic E-state index is 12.9. The molecular weight excluding hydrogens is 925 g/mol. The Labute approximate surface area is 463 Å². The molecule has 0 aromatic carbocycles. The van der Waals surface area contributed by atoms with Crippen LogP contribution in [0.5, 0.6) is 0 Å². The molecule has 0 aromatic heterocycles. The van der Waals surface area contributed by atoms with Gasteiger partial charge in [-0.3, -0.25) is 14.4 Å². The first-order valence-corrected chi connectivity index (χ1v) is 31.4. The number of carbonyl (C=O) groups is 3. The summed E-state index contributed by atoms with van der Waals surface area (Å²) in [4.78, 5) is 38.2. The fourth-order valence-electron chi connectivity index (χ4n) is 8.57. The molecule has 0 aromatic rings. The van der Waals surface area contributed by atoms with Crippen molar-refractivity contribution in [2.45, 2.75) is 297 Å². The zero-order valence-corrected chi connectivity index (χ0v) is 49.0. The van der Waals surface area contributed by atoms with Crippen LogP contribution < -0.4 is 0 Å². The van der Waals surface area contributed by atoms with E-state index in [-0.39, 0.29) is 31.1 Å². The summed E-state index contributed by atoms with van der Waals surface area (Å²) in [6.07, 6.45) is 85.2. The van der Waals surface area contributed by atoms with Crippen molar-refractivity contribution >= 4 is 17.9 Å². The van der Waals surface area contributed by atoms with E-state index < -0.39 is 6.10 Å². The van der Waals surface area contributed by atoms with Gasteiger partial charge < -0.3 is 14.2 Å². The van der Waals surface area contributed by atoms with Crippen LogP contribution in [0.25, 0.3) is 0 Å². The van der Waals surface area contributed by atoms with E-state index in [2.05, 4.69) is 130 Å². The van der Waals surface area contributed by atoms with Crippen molar-refractivity contribution in [1.29, 1.82) is 0 Å². The van der Waals surface area contributed by atoms with Gasteiger partial charge in [0.05, 0.1) is 0 Å². The van der Waals surface area contributed by atoms with Crippen LogP contribution >= 0.6 is 0 Å². The minimum absolute atomic E-state index is 0.0864. The highest BCUT2D eigenvalue weighted by atomic mass is 16.6. The maximum Gasteiger partial charge on any atom is 0.306 e. The van der Waals surface area contributed by atoms with Gasteiger partial charge in [-0.05, 0) is 109 Å². The number of allylic oxidation sites excluding steroid dienone is 18. The number of hydrogen-bond donors (Lipinski definition) is 0. The van der Waals surface area contributed by atoms with Gasteiger partial charge in [0, 0.05) is 19.3 Å². The van der Waals surface area contributed by atoms with Crippen LogP contribution in [0.2, 0.25) is 0 Å².